The predicted octanol–water partition coefficient (Wildman–Crippen LogP) is 4.35. The van der Waals surface area contributed by atoms with Gasteiger partial charge in [-0.1, -0.05) is 26.0 Å². The molecule has 0 amide bonds. The smallest absolute Gasteiger partial charge is 0.0894 e. The second kappa shape index (κ2) is 9.40. The van der Waals surface area contributed by atoms with Crippen LogP contribution < -0.4 is 0 Å². The van der Waals surface area contributed by atoms with Gasteiger partial charge in [0.05, 0.1) is 10.3 Å². The molecule has 1 aromatic rings. The molecule has 0 spiro atoms. The molecule has 1 unspecified atom stereocenters. The summed E-state index contributed by atoms with van der Waals surface area (Å²) in [4.78, 5) is 3.28. The van der Waals surface area contributed by atoms with Crippen LogP contribution in [0, 0.1) is 0 Å². The molecule has 1 aromatic heterocycles. The van der Waals surface area contributed by atoms with E-state index in [0.717, 1.165) is 30.9 Å². The standard InChI is InChI=1S/C16H25NOS2/c1-5-10-17(11-6-2)12-9-14(18)15-7-8-16(20-15)19-13(3)4/h5-8,13-14,18H,1-2,9-12H2,3-4H3. The molecule has 0 bridgehead atoms. The molecule has 0 aliphatic carbocycles. The number of thiophene rings is 1. The number of thioether (sulfide) groups is 1. The number of aliphatic hydroxyl groups excluding tert-OH is 1. The summed E-state index contributed by atoms with van der Waals surface area (Å²) in [5, 5.41) is 10.9. The molecule has 0 saturated heterocycles. The Kier molecular flexibility index (Phi) is 8.22. The fourth-order valence-corrected chi connectivity index (χ4v) is 4.31. The highest BCUT2D eigenvalue weighted by Gasteiger charge is 2.13. The van der Waals surface area contributed by atoms with Crippen LogP contribution >= 0.6 is 23.1 Å². The van der Waals surface area contributed by atoms with Crippen molar-refractivity contribution >= 4 is 23.1 Å². The van der Waals surface area contributed by atoms with Gasteiger partial charge in [-0.2, -0.15) is 0 Å². The third-order valence-electron chi connectivity index (χ3n) is 2.78. The molecule has 0 aliphatic rings. The van der Waals surface area contributed by atoms with Gasteiger partial charge >= 0.3 is 0 Å². The zero-order valence-electron chi connectivity index (χ0n) is 12.4. The normalized spacial score (nSPS) is 12.8. The van der Waals surface area contributed by atoms with Crippen molar-refractivity contribution in [3.05, 3.63) is 42.3 Å². The van der Waals surface area contributed by atoms with Crippen LogP contribution in [0.1, 0.15) is 31.2 Å². The quantitative estimate of drug-likeness (QED) is 0.513. The van der Waals surface area contributed by atoms with Gasteiger partial charge in [-0.05, 0) is 18.6 Å². The van der Waals surface area contributed by atoms with Crippen molar-refractivity contribution in [2.75, 3.05) is 19.6 Å². The van der Waals surface area contributed by atoms with Crippen LogP contribution in [-0.2, 0) is 0 Å². The van der Waals surface area contributed by atoms with Gasteiger partial charge in [0.15, 0.2) is 0 Å². The number of nitrogens with zero attached hydrogens (tertiary/aromatic N) is 1. The van der Waals surface area contributed by atoms with Crippen molar-refractivity contribution < 1.29 is 5.11 Å². The average Bonchev–Trinajstić information content (AvgIpc) is 2.83. The average molecular weight is 312 g/mol. The number of rotatable bonds is 10. The topological polar surface area (TPSA) is 23.5 Å². The minimum Gasteiger partial charge on any atom is -0.388 e. The Morgan fingerprint density at radius 1 is 1.30 bits per heavy atom. The van der Waals surface area contributed by atoms with E-state index in [2.05, 4.69) is 38.0 Å². The van der Waals surface area contributed by atoms with Gasteiger partial charge in [0.2, 0.25) is 0 Å². The molecule has 20 heavy (non-hydrogen) atoms. The molecular formula is C16H25NOS2. The van der Waals surface area contributed by atoms with Gasteiger partial charge in [-0.15, -0.1) is 36.3 Å². The molecule has 1 atom stereocenters. The van der Waals surface area contributed by atoms with E-state index in [0.29, 0.717) is 5.25 Å². The minimum absolute atomic E-state index is 0.376. The van der Waals surface area contributed by atoms with Gasteiger partial charge in [0.1, 0.15) is 0 Å². The fraction of sp³-hybridized carbons (Fsp3) is 0.500. The lowest BCUT2D eigenvalue weighted by Crippen LogP contribution is -2.26. The number of hydrogen-bond acceptors (Lipinski definition) is 4. The van der Waals surface area contributed by atoms with Gasteiger partial charge < -0.3 is 5.11 Å². The first kappa shape index (κ1) is 17.5. The largest absolute Gasteiger partial charge is 0.388 e. The Morgan fingerprint density at radius 3 is 2.50 bits per heavy atom. The van der Waals surface area contributed by atoms with Gasteiger partial charge in [-0.25, -0.2) is 0 Å². The van der Waals surface area contributed by atoms with Crippen molar-refractivity contribution in [2.24, 2.45) is 0 Å². The van der Waals surface area contributed by atoms with Crippen LogP contribution in [-0.4, -0.2) is 34.9 Å². The first-order valence-electron chi connectivity index (χ1n) is 6.95. The van der Waals surface area contributed by atoms with E-state index in [1.165, 1.54) is 4.21 Å². The monoisotopic (exact) mass is 311 g/mol. The van der Waals surface area contributed by atoms with E-state index in [9.17, 15) is 5.11 Å². The van der Waals surface area contributed by atoms with Crippen molar-refractivity contribution in [1.29, 1.82) is 0 Å². The molecule has 0 fully saturated rings. The molecular weight excluding hydrogens is 286 g/mol. The van der Waals surface area contributed by atoms with Crippen LogP contribution in [0.25, 0.3) is 0 Å². The van der Waals surface area contributed by atoms with Crippen LogP contribution in [0.4, 0.5) is 0 Å². The highest BCUT2D eigenvalue weighted by molar-refractivity contribution is 8.01. The molecule has 1 rings (SSSR count). The first-order chi connectivity index (χ1) is 9.56. The van der Waals surface area contributed by atoms with Crippen molar-refractivity contribution in [3.63, 3.8) is 0 Å². The second-order valence-corrected chi connectivity index (χ2v) is 7.96. The number of hydrogen-bond donors (Lipinski definition) is 1. The molecule has 2 nitrogen and oxygen atoms in total. The van der Waals surface area contributed by atoms with E-state index in [-0.39, 0.29) is 6.10 Å². The first-order valence-corrected chi connectivity index (χ1v) is 8.65. The second-order valence-electron chi connectivity index (χ2n) is 4.96. The van der Waals surface area contributed by atoms with Crippen LogP contribution in [0.5, 0.6) is 0 Å². The summed E-state index contributed by atoms with van der Waals surface area (Å²) in [6.07, 6.45) is 4.14. The maximum Gasteiger partial charge on any atom is 0.0894 e. The highest BCUT2D eigenvalue weighted by atomic mass is 32.2. The van der Waals surface area contributed by atoms with E-state index in [4.69, 9.17) is 0 Å². The third kappa shape index (κ3) is 6.27. The summed E-state index contributed by atoms with van der Waals surface area (Å²) < 4.78 is 1.28. The van der Waals surface area contributed by atoms with E-state index in [1.807, 2.05) is 30.0 Å². The molecule has 0 aliphatic heterocycles. The lowest BCUT2D eigenvalue weighted by Gasteiger charge is -2.20. The van der Waals surface area contributed by atoms with E-state index < -0.39 is 0 Å². The van der Waals surface area contributed by atoms with Crippen molar-refractivity contribution in [1.82, 2.24) is 4.90 Å². The Labute approximate surface area is 131 Å². The van der Waals surface area contributed by atoms with Gasteiger partial charge in [0, 0.05) is 29.8 Å². The van der Waals surface area contributed by atoms with Gasteiger partial charge in [-0.3, -0.25) is 4.90 Å². The Balaban J connectivity index is 2.48. The number of aliphatic hydroxyl groups is 1. The third-order valence-corrected chi connectivity index (χ3v) is 5.14. The lowest BCUT2D eigenvalue weighted by atomic mass is 10.2. The Hall–Kier alpha value is -0.550. The molecule has 0 radical (unpaired) electrons. The molecule has 1 heterocycles. The molecule has 4 heteroatoms. The summed E-state index contributed by atoms with van der Waals surface area (Å²) in [6, 6.07) is 4.16. The van der Waals surface area contributed by atoms with Crippen LogP contribution in [0.3, 0.4) is 0 Å². The van der Waals surface area contributed by atoms with Crippen molar-refractivity contribution in [3.8, 4) is 0 Å². The Morgan fingerprint density at radius 2 is 1.95 bits per heavy atom. The maximum atomic E-state index is 10.3. The molecule has 1 N–H and O–H groups in total. The zero-order chi connectivity index (χ0) is 15.0. The summed E-state index contributed by atoms with van der Waals surface area (Å²) in [5.41, 5.74) is 0. The van der Waals surface area contributed by atoms with Crippen LogP contribution in [0.2, 0.25) is 0 Å². The van der Waals surface area contributed by atoms with Crippen LogP contribution in [0.15, 0.2) is 41.7 Å². The molecule has 0 aromatic carbocycles. The van der Waals surface area contributed by atoms with Crippen molar-refractivity contribution in [2.45, 2.75) is 35.8 Å². The SMILES string of the molecule is C=CCN(CC=C)CCC(O)c1ccc(SC(C)C)s1. The highest BCUT2D eigenvalue weighted by Crippen LogP contribution is 2.34. The summed E-state index contributed by atoms with van der Waals surface area (Å²) in [6.45, 7) is 14.4. The predicted molar refractivity (Wildman–Crippen MR) is 91.7 cm³/mol. The molecule has 0 saturated carbocycles. The minimum atomic E-state index is -0.376. The molecule has 112 valence electrons. The van der Waals surface area contributed by atoms with E-state index >= 15 is 0 Å². The summed E-state index contributed by atoms with van der Waals surface area (Å²) in [5.74, 6) is 0. The van der Waals surface area contributed by atoms with E-state index in [1.54, 1.807) is 11.3 Å². The van der Waals surface area contributed by atoms with Gasteiger partial charge in [0.25, 0.3) is 0 Å². The fourth-order valence-electron chi connectivity index (χ4n) is 1.88. The summed E-state index contributed by atoms with van der Waals surface area (Å²) in [7, 11) is 0. The maximum absolute atomic E-state index is 10.3. The lowest BCUT2D eigenvalue weighted by molar-refractivity contribution is 0.152. The zero-order valence-corrected chi connectivity index (χ0v) is 14.1. The Bertz CT molecular complexity index is 404. The summed E-state index contributed by atoms with van der Waals surface area (Å²) >= 11 is 3.55.